The smallest absolute Gasteiger partial charge is 0.283 e. The van der Waals surface area contributed by atoms with Gasteiger partial charge in [0.2, 0.25) is 0 Å². The molecule has 7 nitrogen and oxygen atoms in total. The average molecular weight is 383 g/mol. The van der Waals surface area contributed by atoms with Crippen LogP contribution in [0.15, 0.2) is 47.6 Å². The van der Waals surface area contributed by atoms with Gasteiger partial charge in [-0.05, 0) is 42.8 Å². The Hall–Kier alpha value is -3.39. The number of benzene rings is 2. The third-order valence-corrected chi connectivity index (χ3v) is 4.91. The topological polar surface area (TPSA) is 104 Å². The molecule has 0 aliphatic rings. The molecule has 8 heteroatoms. The number of ether oxygens (including phenoxy) is 1. The molecule has 2 aromatic carbocycles. The number of hydrogen-bond donors (Lipinski definition) is 3. The number of nitrogens with one attached hydrogen (secondary N) is 1. The van der Waals surface area contributed by atoms with Crippen LogP contribution in [0.2, 0.25) is 0 Å². The zero-order chi connectivity index (χ0) is 19.4. The van der Waals surface area contributed by atoms with E-state index in [-0.39, 0.29) is 11.5 Å². The summed E-state index contributed by atoms with van der Waals surface area (Å²) in [6.45, 7) is 1.72. The lowest BCUT2D eigenvalue weighted by Gasteiger charge is -2.03. The van der Waals surface area contributed by atoms with E-state index in [2.05, 4.69) is 15.5 Å². The van der Waals surface area contributed by atoms with Gasteiger partial charge in [-0.1, -0.05) is 12.1 Å². The number of phenolic OH excluding ortho intramolecular Hbond substituents is 2. The van der Waals surface area contributed by atoms with Gasteiger partial charge in [-0.15, -0.1) is 11.3 Å². The largest absolute Gasteiger partial charge is 0.507 e. The van der Waals surface area contributed by atoms with Gasteiger partial charge in [0.05, 0.1) is 24.6 Å². The van der Waals surface area contributed by atoms with Gasteiger partial charge in [-0.25, -0.2) is 10.4 Å². The molecule has 0 bridgehead atoms. The van der Waals surface area contributed by atoms with E-state index in [0.29, 0.717) is 32.5 Å². The molecule has 0 fully saturated rings. The summed E-state index contributed by atoms with van der Waals surface area (Å²) in [7, 11) is 1.46. The molecule has 0 aliphatic heterocycles. The van der Waals surface area contributed by atoms with Crippen LogP contribution in [0.4, 0.5) is 0 Å². The molecule has 1 aromatic heterocycles. The lowest BCUT2D eigenvalue weighted by molar-refractivity contribution is 0.0958. The number of methoxy groups -OCH3 is 1. The van der Waals surface area contributed by atoms with E-state index in [1.54, 1.807) is 43.3 Å². The van der Waals surface area contributed by atoms with Gasteiger partial charge in [-0.2, -0.15) is 5.10 Å². The molecular formula is C19H17N3O4S. The maximum Gasteiger partial charge on any atom is 0.283 e. The molecule has 3 N–H and O–H groups in total. The van der Waals surface area contributed by atoms with Crippen LogP contribution in [0.25, 0.3) is 10.6 Å². The minimum Gasteiger partial charge on any atom is -0.507 e. The van der Waals surface area contributed by atoms with Crippen molar-refractivity contribution in [3.8, 4) is 27.8 Å². The molecule has 3 rings (SSSR count). The Balaban J connectivity index is 1.73. The maximum atomic E-state index is 12.4. The number of hydrogen-bond acceptors (Lipinski definition) is 7. The Morgan fingerprint density at radius 2 is 2.00 bits per heavy atom. The van der Waals surface area contributed by atoms with Crippen molar-refractivity contribution in [1.82, 2.24) is 10.4 Å². The van der Waals surface area contributed by atoms with Crippen molar-refractivity contribution in [3.05, 3.63) is 58.6 Å². The van der Waals surface area contributed by atoms with Crippen molar-refractivity contribution in [3.63, 3.8) is 0 Å². The van der Waals surface area contributed by atoms with Crippen LogP contribution < -0.4 is 10.2 Å². The van der Waals surface area contributed by atoms with Crippen molar-refractivity contribution in [2.75, 3.05) is 7.11 Å². The van der Waals surface area contributed by atoms with Crippen molar-refractivity contribution < 1.29 is 19.7 Å². The Labute approximate surface area is 159 Å². The molecule has 0 radical (unpaired) electrons. The van der Waals surface area contributed by atoms with Crippen molar-refractivity contribution >= 4 is 23.5 Å². The highest BCUT2D eigenvalue weighted by atomic mass is 32.1. The third kappa shape index (κ3) is 4.06. The number of amides is 1. The number of nitrogens with zero attached hydrogens (tertiary/aromatic N) is 2. The summed E-state index contributed by atoms with van der Waals surface area (Å²) in [6.07, 6.45) is 1.41. The first kappa shape index (κ1) is 18.4. The molecule has 0 saturated heterocycles. The normalized spacial score (nSPS) is 10.9. The standard InChI is InChI=1S/C19H17N3O4S/c1-11-17(27-19(21-11)13-5-3-4-6-14(13)23)18(25)22-20-10-12-7-8-16(26-2)15(24)9-12/h3-10,23-24H,1-2H3,(H,22,25)/b20-10+. The second-order valence-electron chi connectivity index (χ2n) is 5.58. The fraction of sp³-hybridized carbons (Fsp3) is 0.105. The maximum absolute atomic E-state index is 12.4. The lowest BCUT2D eigenvalue weighted by Crippen LogP contribution is -2.17. The van der Waals surface area contributed by atoms with Crippen LogP contribution in [0.1, 0.15) is 20.9 Å². The zero-order valence-corrected chi connectivity index (χ0v) is 15.4. The van der Waals surface area contributed by atoms with Gasteiger partial charge < -0.3 is 14.9 Å². The van der Waals surface area contributed by atoms with Crippen LogP contribution in [0, 0.1) is 6.92 Å². The Morgan fingerprint density at radius 1 is 1.22 bits per heavy atom. The first-order chi connectivity index (χ1) is 13.0. The molecule has 0 saturated carbocycles. The van der Waals surface area contributed by atoms with Gasteiger partial charge in [0, 0.05) is 0 Å². The van der Waals surface area contributed by atoms with E-state index in [9.17, 15) is 15.0 Å². The minimum absolute atomic E-state index is 0.0154. The Morgan fingerprint density at radius 3 is 2.70 bits per heavy atom. The van der Waals surface area contributed by atoms with Crippen molar-refractivity contribution in [1.29, 1.82) is 0 Å². The summed E-state index contributed by atoms with van der Waals surface area (Å²) in [5.41, 5.74) is 4.16. The number of phenols is 2. The molecular weight excluding hydrogens is 366 g/mol. The molecule has 27 heavy (non-hydrogen) atoms. The van der Waals surface area contributed by atoms with Crippen LogP contribution in [0.3, 0.4) is 0 Å². The summed E-state index contributed by atoms with van der Waals surface area (Å²) in [4.78, 5) is 17.1. The number of carbonyl (C=O) groups is 1. The van der Waals surface area contributed by atoms with Gasteiger partial charge in [0.15, 0.2) is 11.5 Å². The van der Waals surface area contributed by atoms with Crippen molar-refractivity contribution in [2.24, 2.45) is 5.10 Å². The van der Waals surface area contributed by atoms with E-state index in [0.717, 1.165) is 0 Å². The number of aromatic hydroxyl groups is 2. The summed E-state index contributed by atoms with van der Waals surface area (Å²) in [6, 6.07) is 11.6. The van der Waals surface area contributed by atoms with Gasteiger partial charge >= 0.3 is 0 Å². The van der Waals surface area contributed by atoms with E-state index < -0.39 is 5.91 Å². The van der Waals surface area contributed by atoms with Crippen LogP contribution in [0.5, 0.6) is 17.2 Å². The summed E-state index contributed by atoms with van der Waals surface area (Å²) < 4.78 is 4.97. The van der Waals surface area contributed by atoms with E-state index in [1.807, 2.05) is 0 Å². The number of aromatic nitrogens is 1. The first-order valence-corrected chi connectivity index (χ1v) is 8.77. The highest BCUT2D eigenvalue weighted by Crippen LogP contribution is 2.33. The van der Waals surface area contributed by atoms with Crippen LogP contribution >= 0.6 is 11.3 Å². The average Bonchev–Trinajstić information content (AvgIpc) is 3.04. The van der Waals surface area contributed by atoms with Gasteiger partial charge in [0.1, 0.15) is 15.6 Å². The second kappa shape index (κ2) is 7.88. The third-order valence-electron chi connectivity index (χ3n) is 3.72. The summed E-state index contributed by atoms with van der Waals surface area (Å²) in [5, 5.41) is 24.2. The van der Waals surface area contributed by atoms with Gasteiger partial charge in [-0.3, -0.25) is 4.79 Å². The molecule has 0 atom stereocenters. The Bertz CT molecular complexity index is 1010. The fourth-order valence-corrected chi connectivity index (χ4v) is 3.37. The van der Waals surface area contributed by atoms with E-state index in [4.69, 9.17) is 4.74 Å². The molecule has 1 amide bonds. The minimum atomic E-state index is -0.402. The number of hydrazone groups is 1. The fourth-order valence-electron chi connectivity index (χ4n) is 2.38. The second-order valence-corrected chi connectivity index (χ2v) is 6.58. The molecule has 138 valence electrons. The van der Waals surface area contributed by atoms with Crippen molar-refractivity contribution in [2.45, 2.75) is 6.92 Å². The summed E-state index contributed by atoms with van der Waals surface area (Å²) in [5.74, 6) is 0.0442. The SMILES string of the molecule is COc1ccc(/C=N/NC(=O)c2sc(-c3ccccc3O)nc2C)cc1O. The molecule has 0 unspecified atom stereocenters. The van der Waals surface area contributed by atoms with E-state index in [1.165, 1.54) is 30.7 Å². The number of carbonyl (C=O) groups excluding carboxylic acids is 1. The van der Waals surface area contributed by atoms with Crippen LogP contribution in [-0.2, 0) is 0 Å². The predicted molar refractivity (Wildman–Crippen MR) is 104 cm³/mol. The van der Waals surface area contributed by atoms with Gasteiger partial charge in [0.25, 0.3) is 5.91 Å². The molecule has 3 aromatic rings. The number of para-hydroxylation sites is 1. The number of aryl methyl sites for hydroxylation is 1. The molecule has 0 spiro atoms. The molecule has 1 heterocycles. The zero-order valence-electron chi connectivity index (χ0n) is 14.6. The number of rotatable bonds is 5. The molecule has 0 aliphatic carbocycles. The highest BCUT2D eigenvalue weighted by Gasteiger charge is 2.17. The highest BCUT2D eigenvalue weighted by molar-refractivity contribution is 7.17. The quantitative estimate of drug-likeness (QED) is 0.463. The first-order valence-electron chi connectivity index (χ1n) is 7.96. The number of thiazole rings is 1. The lowest BCUT2D eigenvalue weighted by atomic mass is 10.2. The monoisotopic (exact) mass is 383 g/mol. The van der Waals surface area contributed by atoms with E-state index >= 15 is 0 Å². The predicted octanol–water partition coefficient (Wildman–Crippen LogP) is 3.30. The summed E-state index contributed by atoms with van der Waals surface area (Å²) >= 11 is 1.17. The van der Waals surface area contributed by atoms with Crippen LogP contribution in [-0.4, -0.2) is 34.4 Å². The Kier molecular flexibility index (Phi) is 5.37.